The number of furan rings is 1. The normalized spacial score (nSPS) is 10.8. The molecule has 3 rings (SSSR count). The van der Waals surface area contributed by atoms with Gasteiger partial charge in [0.1, 0.15) is 24.5 Å². The van der Waals surface area contributed by atoms with Crippen molar-refractivity contribution >= 4 is 22.7 Å². The van der Waals surface area contributed by atoms with Crippen molar-refractivity contribution in [3.8, 4) is 5.75 Å². The largest absolute Gasteiger partial charge is 0.489 e. The van der Waals surface area contributed by atoms with Crippen LogP contribution in [0.5, 0.6) is 5.75 Å². The third-order valence-electron chi connectivity index (χ3n) is 4.17. The van der Waals surface area contributed by atoms with Gasteiger partial charge in [-0.25, -0.2) is 4.79 Å². The van der Waals surface area contributed by atoms with Crippen molar-refractivity contribution in [1.29, 1.82) is 0 Å². The first-order valence-corrected chi connectivity index (χ1v) is 9.09. The molecule has 0 saturated heterocycles. The van der Waals surface area contributed by atoms with Crippen molar-refractivity contribution in [2.75, 3.05) is 19.8 Å². The summed E-state index contributed by atoms with van der Waals surface area (Å²) in [5, 5.41) is 0.828. The van der Waals surface area contributed by atoms with Crippen LogP contribution >= 0.6 is 0 Å². The highest BCUT2D eigenvalue weighted by Gasteiger charge is 2.22. The van der Waals surface area contributed by atoms with E-state index in [1.807, 2.05) is 25.1 Å². The molecular formula is C22H22O6. The number of rotatable bonds is 9. The molecule has 0 aliphatic rings. The van der Waals surface area contributed by atoms with E-state index in [1.165, 1.54) is 6.92 Å². The summed E-state index contributed by atoms with van der Waals surface area (Å²) in [7, 11) is 0. The maximum Gasteiger partial charge on any atom is 0.374 e. The second-order valence-electron chi connectivity index (χ2n) is 6.08. The van der Waals surface area contributed by atoms with Gasteiger partial charge in [0, 0.05) is 17.6 Å². The minimum atomic E-state index is -0.575. The lowest BCUT2D eigenvalue weighted by Crippen LogP contribution is -2.14. The first-order valence-electron chi connectivity index (χ1n) is 9.09. The Kier molecular flexibility index (Phi) is 6.45. The fraction of sp³-hybridized carbons (Fsp3) is 0.273. The van der Waals surface area contributed by atoms with Crippen molar-refractivity contribution in [1.82, 2.24) is 0 Å². The summed E-state index contributed by atoms with van der Waals surface area (Å²) in [5.41, 5.74) is 1.77. The van der Waals surface area contributed by atoms with Crippen LogP contribution < -0.4 is 4.74 Å². The summed E-state index contributed by atoms with van der Waals surface area (Å²) in [6.07, 6.45) is 0. The summed E-state index contributed by atoms with van der Waals surface area (Å²) in [6.45, 7) is 4.30. The summed E-state index contributed by atoms with van der Waals surface area (Å²) in [5.74, 6) is -0.0598. The molecule has 0 radical (unpaired) electrons. The van der Waals surface area contributed by atoms with Gasteiger partial charge in [0.25, 0.3) is 0 Å². The highest BCUT2D eigenvalue weighted by Crippen LogP contribution is 2.27. The van der Waals surface area contributed by atoms with Gasteiger partial charge in [0.15, 0.2) is 5.78 Å². The van der Waals surface area contributed by atoms with Gasteiger partial charge in [-0.3, -0.25) is 4.79 Å². The molecule has 0 fully saturated rings. The average Bonchev–Trinajstić information content (AvgIpc) is 3.08. The Bertz CT molecular complexity index is 972. The van der Waals surface area contributed by atoms with E-state index in [9.17, 15) is 9.59 Å². The van der Waals surface area contributed by atoms with Crippen molar-refractivity contribution < 1.29 is 28.2 Å². The molecule has 28 heavy (non-hydrogen) atoms. The molecule has 6 nitrogen and oxygen atoms in total. The van der Waals surface area contributed by atoms with E-state index in [1.54, 1.807) is 30.3 Å². The minimum Gasteiger partial charge on any atom is -0.489 e. The van der Waals surface area contributed by atoms with Gasteiger partial charge >= 0.3 is 5.97 Å². The summed E-state index contributed by atoms with van der Waals surface area (Å²) in [4.78, 5) is 24.1. The van der Waals surface area contributed by atoms with Crippen molar-refractivity contribution in [3.63, 3.8) is 0 Å². The van der Waals surface area contributed by atoms with Crippen molar-refractivity contribution in [2.45, 2.75) is 20.5 Å². The Morgan fingerprint density at radius 3 is 2.54 bits per heavy atom. The molecule has 146 valence electrons. The molecule has 0 atom stereocenters. The molecule has 0 saturated carbocycles. The second-order valence-corrected chi connectivity index (χ2v) is 6.08. The van der Waals surface area contributed by atoms with E-state index in [-0.39, 0.29) is 31.4 Å². The van der Waals surface area contributed by atoms with E-state index >= 15 is 0 Å². The molecule has 0 unspecified atom stereocenters. The van der Waals surface area contributed by atoms with Gasteiger partial charge in [-0.05, 0) is 32.0 Å². The number of Topliss-reactive ketones (excluding diaryl/α,β-unsaturated/α-hetero) is 1. The number of ether oxygens (including phenoxy) is 3. The Morgan fingerprint density at radius 1 is 1.00 bits per heavy atom. The fourth-order valence-electron chi connectivity index (χ4n) is 2.85. The number of ketones is 1. The highest BCUT2D eigenvalue weighted by atomic mass is 16.6. The second kappa shape index (κ2) is 9.19. The Balaban J connectivity index is 1.65. The number of benzene rings is 2. The van der Waals surface area contributed by atoms with E-state index in [0.29, 0.717) is 29.1 Å². The number of esters is 1. The van der Waals surface area contributed by atoms with Gasteiger partial charge in [-0.2, -0.15) is 0 Å². The molecule has 0 bridgehead atoms. The lowest BCUT2D eigenvalue weighted by atomic mass is 10.1. The SMILES string of the molecule is CCOCc1c(C(=O)OCCOc2ccccc2C(C)=O)oc2ccccc12. The molecular weight excluding hydrogens is 360 g/mol. The van der Waals surface area contributed by atoms with Crippen molar-refractivity contribution in [3.05, 3.63) is 65.4 Å². The predicted molar refractivity (Wildman–Crippen MR) is 104 cm³/mol. The number of hydrogen-bond donors (Lipinski definition) is 0. The van der Waals surface area contributed by atoms with Crippen LogP contribution in [-0.2, 0) is 16.1 Å². The molecule has 3 aromatic rings. The third kappa shape index (κ3) is 4.40. The van der Waals surface area contributed by atoms with Crippen LogP contribution in [0, 0.1) is 0 Å². The summed E-state index contributed by atoms with van der Waals surface area (Å²) in [6, 6.07) is 14.3. The number of carbonyl (C=O) groups is 2. The molecule has 1 heterocycles. The maximum atomic E-state index is 12.5. The number of carbonyl (C=O) groups excluding carboxylic acids is 2. The molecule has 0 aliphatic heterocycles. The van der Waals surface area contributed by atoms with Crippen LogP contribution in [0.2, 0.25) is 0 Å². The van der Waals surface area contributed by atoms with Crippen molar-refractivity contribution in [2.24, 2.45) is 0 Å². The molecule has 0 amide bonds. The minimum absolute atomic E-state index is 0.0240. The topological polar surface area (TPSA) is 75.0 Å². The molecule has 6 heteroatoms. The fourth-order valence-corrected chi connectivity index (χ4v) is 2.85. The quantitative estimate of drug-likeness (QED) is 0.310. The van der Waals surface area contributed by atoms with Crippen LogP contribution in [-0.4, -0.2) is 31.6 Å². The van der Waals surface area contributed by atoms with E-state index < -0.39 is 5.97 Å². The van der Waals surface area contributed by atoms with Crippen LogP contribution in [0.15, 0.2) is 52.9 Å². The van der Waals surface area contributed by atoms with Gasteiger partial charge in [0.2, 0.25) is 5.76 Å². The van der Waals surface area contributed by atoms with Crippen LogP contribution in [0.4, 0.5) is 0 Å². The predicted octanol–water partition coefficient (Wildman–Crippen LogP) is 4.41. The lowest BCUT2D eigenvalue weighted by molar-refractivity contribution is 0.0408. The Labute approximate surface area is 163 Å². The smallest absolute Gasteiger partial charge is 0.374 e. The van der Waals surface area contributed by atoms with Crippen LogP contribution in [0.3, 0.4) is 0 Å². The number of para-hydroxylation sites is 2. The number of fused-ring (bicyclic) bond motifs is 1. The van der Waals surface area contributed by atoms with Gasteiger partial charge in [-0.1, -0.05) is 30.3 Å². The first-order chi connectivity index (χ1) is 13.6. The highest BCUT2D eigenvalue weighted by molar-refractivity contribution is 5.97. The zero-order valence-corrected chi connectivity index (χ0v) is 15.9. The van der Waals surface area contributed by atoms with Crippen LogP contribution in [0.25, 0.3) is 11.0 Å². The molecule has 2 aromatic carbocycles. The van der Waals surface area contributed by atoms with Gasteiger partial charge in [0.05, 0.1) is 12.2 Å². The summed E-state index contributed by atoms with van der Waals surface area (Å²) >= 11 is 0. The van der Waals surface area contributed by atoms with E-state index in [0.717, 1.165) is 5.39 Å². The van der Waals surface area contributed by atoms with Gasteiger partial charge in [-0.15, -0.1) is 0 Å². The zero-order valence-electron chi connectivity index (χ0n) is 15.9. The molecule has 1 aromatic heterocycles. The molecule has 0 aliphatic carbocycles. The lowest BCUT2D eigenvalue weighted by Gasteiger charge is -2.10. The maximum absolute atomic E-state index is 12.5. The third-order valence-corrected chi connectivity index (χ3v) is 4.17. The van der Waals surface area contributed by atoms with Gasteiger partial charge < -0.3 is 18.6 Å². The van der Waals surface area contributed by atoms with Crippen LogP contribution in [0.1, 0.15) is 40.3 Å². The number of hydrogen-bond acceptors (Lipinski definition) is 6. The molecule has 0 spiro atoms. The zero-order chi connectivity index (χ0) is 19.9. The Morgan fingerprint density at radius 2 is 1.75 bits per heavy atom. The van der Waals surface area contributed by atoms with E-state index in [4.69, 9.17) is 18.6 Å². The van der Waals surface area contributed by atoms with E-state index in [2.05, 4.69) is 0 Å². The Hall–Kier alpha value is -3.12. The molecule has 0 N–H and O–H groups in total. The first kappa shape index (κ1) is 19.6. The standard InChI is InChI=1S/C22H22O6/c1-3-25-14-18-17-9-5-7-11-20(17)28-21(18)22(24)27-13-12-26-19-10-6-4-8-16(19)15(2)23/h4-11H,3,12-14H2,1-2H3. The monoisotopic (exact) mass is 382 g/mol. The summed E-state index contributed by atoms with van der Waals surface area (Å²) < 4.78 is 22.0. The average molecular weight is 382 g/mol.